The highest BCUT2D eigenvalue weighted by Gasteiger charge is 2.09. The minimum atomic E-state index is -0.697. The van der Waals surface area contributed by atoms with Crippen LogP contribution in [0.3, 0.4) is 0 Å². The molecule has 0 saturated heterocycles. The first-order valence-electron chi connectivity index (χ1n) is 5.69. The largest absolute Gasteiger partial charge is 0.496 e. The van der Waals surface area contributed by atoms with Crippen molar-refractivity contribution in [2.75, 3.05) is 12.4 Å². The lowest BCUT2D eigenvalue weighted by atomic mass is 10.1. The van der Waals surface area contributed by atoms with Crippen LogP contribution in [0.25, 0.3) is 11.3 Å². The van der Waals surface area contributed by atoms with Crippen molar-refractivity contribution in [1.82, 2.24) is 10.2 Å². The first kappa shape index (κ1) is 15.0. The van der Waals surface area contributed by atoms with Gasteiger partial charge in [-0.25, -0.2) is 0 Å². The van der Waals surface area contributed by atoms with Gasteiger partial charge in [0, 0.05) is 37.4 Å². The smallest absolute Gasteiger partial charge is 0.152 e. The van der Waals surface area contributed by atoms with Crippen molar-refractivity contribution in [2.24, 2.45) is 4.58 Å². The number of aromatic amines is 1. The van der Waals surface area contributed by atoms with Gasteiger partial charge in [-0.1, -0.05) is 12.1 Å². The first-order valence-corrected chi connectivity index (χ1v) is 9.41. The Morgan fingerprint density at radius 2 is 2.25 bits per heavy atom. The van der Waals surface area contributed by atoms with Crippen molar-refractivity contribution in [3.8, 4) is 17.0 Å². The molecule has 1 aromatic carbocycles. The molecule has 0 spiro atoms. The molecule has 1 atom stereocenters. The Morgan fingerprint density at radius 1 is 1.50 bits per heavy atom. The lowest BCUT2D eigenvalue weighted by Gasteiger charge is -2.05. The topological polar surface area (TPSA) is 79.4 Å². The number of hydrogen-bond donors (Lipinski definition) is 2. The van der Waals surface area contributed by atoms with Crippen LogP contribution in [-0.2, 0) is 0 Å². The molecular formula is C12H13IN4O2S. The van der Waals surface area contributed by atoms with Crippen molar-refractivity contribution >= 4 is 39.9 Å². The minimum absolute atomic E-state index is 0.640. The number of rotatable bonds is 4. The van der Waals surface area contributed by atoms with Crippen molar-refractivity contribution in [3.05, 3.63) is 35.2 Å². The minimum Gasteiger partial charge on any atom is -0.496 e. The summed E-state index contributed by atoms with van der Waals surface area (Å²) in [5, 5.41) is 10.2. The van der Waals surface area contributed by atoms with E-state index in [-0.39, 0.29) is 0 Å². The van der Waals surface area contributed by atoms with Gasteiger partial charge in [-0.15, -0.1) is 4.91 Å². The molecule has 1 aromatic heterocycles. The van der Waals surface area contributed by atoms with E-state index in [2.05, 4.69) is 20.1 Å². The summed E-state index contributed by atoms with van der Waals surface area (Å²) in [5.74, 6) is 1.41. The van der Waals surface area contributed by atoms with Crippen molar-refractivity contribution in [2.45, 2.75) is 6.92 Å². The zero-order valence-electron chi connectivity index (χ0n) is 10.9. The number of nitrogens with zero attached hydrogens (tertiary/aromatic N) is 2. The van der Waals surface area contributed by atoms with Gasteiger partial charge in [-0.05, 0) is 19.1 Å². The average molecular weight is 404 g/mol. The number of H-pyrrole nitrogens is 1. The molecule has 106 valence electrons. The van der Waals surface area contributed by atoms with Gasteiger partial charge in [-0.3, -0.25) is 5.10 Å². The molecule has 0 saturated carbocycles. The third-order valence-electron chi connectivity index (χ3n) is 2.60. The molecule has 0 fully saturated rings. The van der Waals surface area contributed by atoms with E-state index in [0.29, 0.717) is 5.82 Å². The number of aromatic nitrogens is 2. The van der Waals surface area contributed by atoms with Gasteiger partial charge in [0.1, 0.15) is 5.75 Å². The number of nitrogens with one attached hydrogen (secondary N) is 2. The third-order valence-corrected chi connectivity index (χ3v) is 5.80. The lowest BCUT2D eigenvalue weighted by Crippen LogP contribution is -2.05. The van der Waals surface area contributed by atoms with Gasteiger partial charge in [0.05, 0.1) is 25.6 Å². The molecule has 0 amide bonds. The van der Waals surface area contributed by atoms with Gasteiger partial charge < -0.3 is 10.1 Å². The van der Waals surface area contributed by atoms with Crippen LogP contribution in [-0.4, -0.2) is 22.3 Å². The summed E-state index contributed by atoms with van der Waals surface area (Å²) >= 11 is 1.98. The van der Waals surface area contributed by atoms with Crippen LogP contribution in [0.15, 0.2) is 34.9 Å². The number of nitroso groups, excluding NO2 is 1. The second kappa shape index (κ2) is 6.84. The van der Waals surface area contributed by atoms with E-state index in [9.17, 15) is 4.91 Å². The van der Waals surface area contributed by atoms with Gasteiger partial charge in [0.25, 0.3) is 0 Å². The second-order valence-corrected chi connectivity index (χ2v) is 7.60. The fraction of sp³-hybridized carbons (Fsp3) is 0.167. The number of methoxy groups -OCH3 is 1. The molecule has 8 heteroatoms. The Morgan fingerprint density at radius 3 is 2.95 bits per heavy atom. The van der Waals surface area contributed by atoms with Crippen molar-refractivity contribution in [1.29, 1.82) is 0 Å². The summed E-state index contributed by atoms with van der Waals surface area (Å²) in [5.41, 5.74) is 1.76. The normalized spacial score (nSPS) is 12.7. The lowest BCUT2D eigenvalue weighted by molar-refractivity contribution is 0.416. The Kier molecular flexibility index (Phi) is 5.12. The maximum atomic E-state index is 10.5. The summed E-state index contributed by atoms with van der Waals surface area (Å²) in [6, 6.07) is 9.54. The van der Waals surface area contributed by atoms with E-state index in [1.807, 2.05) is 58.5 Å². The van der Waals surface area contributed by atoms with E-state index in [0.717, 1.165) is 22.0 Å². The Labute approximate surface area is 130 Å². The van der Waals surface area contributed by atoms with E-state index in [4.69, 9.17) is 4.74 Å². The predicted octanol–water partition coefficient (Wildman–Crippen LogP) is 3.95. The Bertz CT molecular complexity index is 656. The van der Waals surface area contributed by atoms with Crippen LogP contribution in [0, 0.1) is 4.91 Å². The number of halogens is 1. The van der Waals surface area contributed by atoms with Crippen LogP contribution in [0.2, 0.25) is 0 Å². The van der Waals surface area contributed by atoms with Crippen LogP contribution in [0.1, 0.15) is 6.92 Å². The number of benzene rings is 1. The summed E-state index contributed by atoms with van der Waals surface area (Å²) in [6.45, 7) is 1.81. The summed E-state index contributed by atoms with van der Waals surface area (Å²) in [6.07, 6.45) is 0. The van der Waals surface area contributed by atoms with E-state index in [1.165, 1.54) is 0 Å². The van der Waals surface area contributed by atoms with E-state index in [1.54, 1.807) is 7.11 Å². The van der Waals surface area contributed by atoms with Gasteiger partial charge in [0.15, 0.2) is 5.82 Å². The molecule has 20 heavy (non-hydrogen) atoms. The monoisotopic (exact) mass is 404 g/mol. The Balaban J connectivity index is 2.27. The fourth-order valence-corrected chi connectivity index (χ4v) is 2.30. The Hall–Kier alpha value is -1.42. The van der Waals surface area contributed by atoms with Crippen molar-refractivity contribution < 1.29 is 4.74 Å². The van der Waals surface area contributed by atoms with Gasteiger partial charge in [0.2, 0.25) is 0 Å². The predicted molar refractivity (Wildman–Crippen MR) is 92.3 cm³/mol. The zero-order valence-corrected chi connectivity index (χ0v) is 13.9. The van der Waals surface area contributed by atoms with E-state index >= 15 is 0 Å². The highest BCUT2D eigenvalue weighted by atomic mass is 127. The second-order valence-electron chi connectivity index (χ2n) is 3.86. The van der Waals surface area contributed by atoms with E-state index < -0.39 is 7.84 Å². The summed E-state index contributed by atoms with van der Waals surface area (Å²) < 4.78 is 8.30. The van der Waals surface area contributed by atoms with Crippen molar-refractivity contribution in [3.63, 3.8) is 0 Å². The highest BCUT2D eigenvalue weighted by Crippen LogP contribution is 2.30. The maximum absolute atomic E-state index is 10.5. The summed E-state index contributed by atoms with van der Waals surface area (Å²) in [4.78, 5) is 11.3. The summed E-state index contributed by atoms with van der Waals surface area (Å²) in [7, 11) is 0.932. The molecular weight excluding hydrogens is 391 g/mol. The molecule has 0 radical (unpaired) electrons. The molecule has 6 nitrogen and oxygen atoms in total. The molecule has 0 aliphatic carbocycles. The maximum Gasteiger partial charge on any atom is 0.152 e. The number of hydrogen-bond acceptors (Lipinski definition) is 4. The van der Waals surface area contributed by atoms with Gasteiger partial charge in [-0.2, -0.15) is 5.10 Å². The molecule has 0 aliphatic heterocycles. The third kappa shape index (κ3) is 3.37. The standard InChI is InChI=1S/C12H13IN4O2S/c1-8(20(13)17-18)14-12-7-10(15-16-12)9-5-3-4-6-11(9)19-2/h3-7H,1-2H3,(H2,14,15,16). The van der Waals surface area contributed by atoms with Crippen LogP contribution >= 0.6 is 29.0 Å². The van der Waals surface area contributed by atoms with Crippen LogP contribution < -0.4 is 10.1 Å². The zero-order chi connectivity index (χ0) is 14.5. The molecule has 0 bridgehead atoms. The average Bonchev–Trinajstić information content (AvgIpc) is 2.94. The van der Waals surface area contributed by atoms with Crippen LogP contribution in [0.4, 0.5) is 5.82 Å². The molecule has 2 rings (SSSR count). The number of ether oxygens (including phenoxy) is 1. The van der Waals surface area contributed by atoms with Crippen LogP contribution in [0.5, 0.6) is 5.75 Å². The first-order chi connectivity index (χ1) is 9.65. The number of para-hydroxylation sites is 1. The molecule has 1 heterocycles. The quantitative estimate of drug-likeness (QED) is 0.460. The van der Waals surface area contributed by atoms with Gasteiger partial charge >= 0.3 is 0 Å². The molecule has 0 aliphatic rings. The fourth-order valence-electron chi connectivity index (χ4n) is 1.67. The number of anilines is 1. The molecule has 1 unspecified atom stereocenters. The SMILES string of the molecule is COc1ccccc1-c1cc(N/C(C)=S(\I)N=O)n[nH]1. The highest BCUT2D eigenvalue weighted by molar-refractivity contribution is 14.2. The molecule has 2 N–H and O–H groups in total. The molecule has 2 aromatic rings.